The minimum absolute atomic E-state index is 0.0716. The van der Waals surface area contributed by atoms with Gasteiger partial charge in [-0.3, -0.25) is 19.2 Å². The van der Waals surface area contributed by atoms with Gasteiger partial charge in [0, 0.05) is 11.8 Å². The molecule has 0 aromatic heterocycles. The Morgan fingerprint density at radius 2 is 1.74 bits per heavy atom. The average molecular weight is 539 g/mol. The van der Waals surface area contributed by atoms with E-state index in [0.717, 1.165) is 44.9 Å². The molecule has 39 heavy (non-hydrogen) atoms. The van der Waals surface area contributed by atoms with E-state index in [2.05, 4.69) is 13.8 Å². The largest absolute Gasteiger partial charge is 0.505 e. The van der Waals surface area contributed by atoms with Crippen molar-refractivity contribution in [1.82, 2.24) is 0 Å². The number of ketones is 1. The Morgan fingerprint density at radius 1 is 1.00 bits per heavy atom. The third-order valence-corrected chi connectivity index (χ3v) is 10.3. The zero-order valence-electron chi connectivity index (χ0n) is 22.7. The lowest BCUT2D eigenvalue weighted by atomic mass is 9.47. The SMILES string of the molecule is CC12CCC(=O)C=C1CCC1C2CCC2(C)C(OC(=O)CCC(=O)Oc3ccc(N)c(O)c3C(N)=O)CCC12. The summed E-state index contributed by atoms with van der Waals surface area (Å²) in [7, 11) is 0. The number of amides is 1. The third kappa shape index (κ3) is 4.70. The number of carbonyl (C=O) groups excluding carboxylic acids is 4. The summed E-state index contributed by atoms with van der Waals surface area (Å²) in [5.74, 6) is -1.10. The second-order valence-electron chi connectivity index (χ2n) is 12.3. The molecule has 4 aliphatic rings. The van der Waals surface area contributed by atoms with Gasteiger partial charge in [-0.25, -0.2) is 0 Å². The van der Waals surface area contributed by atoms with Crippen molar-refractivity contribution in [2.75, 3.05) is 5.73 Å². The molecule has 0 saturated heterocycles. The zero-order chi connectivity index (χ0) is 28.1. The highest BCUT2D eigenvalue weighted by molar-refractivity contribution is 6.01. The van der Waals surface area contributed by atoms with Crippen LogP contribution in [-0.2, 0) is 19.1 Å². The summed E-state index contributed by atoms with van der Waals surface area (Å²) >= 11 is 0. The Balaban J connectivity index is 1.19. The van der Waals surface area contributed by atoms with E-state index in [1.54, 1.807) is 0 Å². The molecule has 6 unspecified atom stereocenters. The molecule has 5 N–H and O–H groups in total. The lowest BCUT2D eigenvalue weighted by Gasteiger charge is -2.57. The highest BCUT2D eigenvalue weighted by Gasteiger charge is 2.60. The number of ether oxygens (including phenoxy) is 2. The van der Waals surface area contributed by atoms with E-state index in [9.17, 15) is 24.3 Å². The molecule has 3 saturated carbocycles. The van der Waals surface area contributed by atoms with Crippen molar-refractivity contribution in [2.45, 2.75) is 84.2 Å². The first-order valence-corrected chi connectivity index (χ1v) is 14.0. The first-order valence-electron chi connectivity index (χ1n) is 14.0. The number of hydrogen-bond donors (Lipinski definition) is 3. The minimum Gasteiger partial charge on any atom is -0.505 e. The number of allylic oxidation sites excluding steroid dienone is 1. The maximum atomic E-state index is 12.8. The van der Waals surface area contributed by atoms with Gasteiger partial charge in [0.25, 0.3) is 5.91 Å². The van der Waals surface area contributed by atoms with Gasteiger partial charge < -0.3 is 26.0 Å². The average Bonchev–Trinajstić information content (AvgIpc) is 3.21. The van der Waals surface area contributed by atoms with Crippen molar-refractivity contribution in [1.29, 1.82) is 0 Å². The van der Waals surface area contributed by atoms with E-state index in [1.807, 2.05) is 6.08 Å². The molecule has 1 amide bonds. The zero-order valence-corrected chi connectivity index (χ0v) is 22.7. The Kier molecular flexibility index (Phi) is 6.97. The van der Waals surface area contributed by atoms with Gasteiger partial charge in [-0.15, -0.1) is 0 Å². The molecule has 5 rings (SSSR count). The first-order chi connectivity index (χ1) is 18.4. The van der Waals surface area contributed by atoms with Gasteiger partial charge in [-0.2, -0.15) is 0 Å². The number of anilines is 1. The number of esters is 2. The number of nitrogens with two attached hydrogens (primary N) is 2. The molecular formula is C30H38N2O7. The first kappa shape index (κ1) is 27.2. The monoisotopic (exact) mass is 538 g/mol. The minimum atomic E-state index is -0.989. The molecule has 6 atom stereocenters. The van der Waals surface area contributed by atoms with Gasteiger partial charge in [0.15, 0.2) is 11.5 Å². The molecule has 1 aromatic carbocycles. The molecule has 0 heterocycles. The number of hydrogen-bond acceptors (Lipinski definition) is 8. The number of phenols is 1. The highest BCUT2D eigenvalue weighted by atomic mass is 16.5. The summed E-state index contributed by atoms with van der Waals surface area (Å²) in [5.41, 5.74) is 11.8. The number of aromatic hydroxyl groups is 1. The summed E-state index contributed by atoms with van der Waals surface area (Å²) in [6.07, 6.45) is 8.83. The van der Waals surface area contributed by atoms with Crippen LogP contribution in [0.5, 0.6) is 11.5 Å². The number of rotatable bonds is 6. The smallest absolute Gasteiger partial charge is 0.311 e. The maximum Gasteiger partial charge on any atom is 0.311 e. The highest BCUT2D eigenvalue weighted by Crippen LogP contribution is 2.65. The van der Waals surface area contributed by atoms with Gasteiger partial charge in [0.1, 0.15) is 17.4 Å². The number of carbonyl (C=O) groups is 4. The fourth-order valence-electron chi connectivity index (χ4n) is 8.21. The van der Waals surface area contributed by atoms with Crippen molar-refractivity contribution < 1.29 is 33.8 Å². The molecule has 0 bridgehead atoms. The van der Waals surface area contributed by atoms with Crippen LogP contribution in [0, 0.1) is 28.6 Å². The third-order valence-electron chi connectivity index (χ3n) is 10.3. The second kappa shape index (κ2) is 9.99. The van der Waals surface area contributed by atoms with Crippen LogP contribution < -0.4 is 16.2 Å². The number of fused-ring (bicyclic) bond motifs is 5. The van der Waals surface area contributed by atoms with Gasteiger partial charge >= 0.3 is 11.9 Å². The van der Waals surface area contributed by atoms with E-state index < -0.39 is 23.6 Å². The molecule has 0 aliphatic heterocycles. The summed E-state index contributed by atoms with van der Waals surface area (Å²) in [6, 6.07) is 2.57. The quantitative estimate of drug-likeness (QED) is 0.210. The molecule has 1 aromatic rings. The molecule has 0 radical (unpaired) electrons. The van der Waals surface area contributed by atoms with E-state index in [-0.39, 0.29) is 52.6 Å². The van der Waals surface area contributed by atoms with Crippen LogP contribution in [0.4, 0.5) is 5.69 Å². The fourth-order valence-corrected chi connectivity index (χ4v) is 8.21. The van der Waals surface area contributed by atoms with Crippen molar-refractivity contribution >= 4 is 29.3 Å². The lowest BCUT2D eigenvalue weighted by molar-refractivity contribution is -0.161. The van der Waals surface area contributed by atoms with E-state index in [4.69, 9.17) is 20.9 Å². The standard InChI is InChI=1S/C30H38N2O7/c1-29-13-11-17(33)15-16(29)3-4-18-19-5-8-23(30(19,2)14-12-20(18)29)39-25(35)10-9-24(34)38-22-7-6-21(31)27(36)26(22)28(32)37/h6-7,15,18-20,23,36H,3-5,8-14,31H2,1-2H3,(H2,32,37). The maximum absolute atomic E-state index is 12.8. The predicted molar refractivity (Wildman–Crippen MR) is 142 cm³/mol. The lowest BCUT2D eigenvalue weighted by Crippen LogP contribution is -2.51. The van der Waals surface area contributed by atoms with Gasteiger partial charge in [0.2, 0.25) is 0 Å². The fraction of sp³-hybridized carbons (Fsp3) is 0.600. The van der Waals surface area contributed by atoms with Crippen LogP contribution in [-0.4, -0.2) is 34.8 Å². The van der Waals surface area contributed by atoms with Crippen LogP contribution in [0.25, 0.3) is 0 Å². The predicted octanol–water partition coefficient (Wildman–Crippen LogP) is 4.20. The molecule has 0 spiro atoms. The Labute approximate surface area is 228 Å². The van der Waals surface area contributed by atoms with Crippen molar-refractivity contribution in [3.05, 3.63) is 29.3 Å². The van der Waals surface area contributed by atoms with E-state index in [1.165, 1.54) is 17.7 Å². The van der Waals surface area contributed by atoms with E-state index in [0.29, 0.717) is 24.2 Å². The summed E-state index contributed by atoms with van der Waals surface area (Å²) in [4.78, 5) is 49.0. The van der Waals surface area contributed by atoms with Crippen LogP contribution >= 0.6 is 0 Å². The van der Waals surface area contributed by atoms with Crippen molar-refractivity contribution in [3.8, 4) is 11.5 Å². The van der Waals surface area contributed by atoms with Crippen LogP contribution in [0.3, 0.4) is 0 Å². The summed E-state index contributed by atoms with van der Waals surface area (Å²) in [6.45, 7) is 4.61. The van der Waals surface area contributed by atoms with Gasteiger partial charge in [-0.05, 0) is 86.3 Å². The number of nitrogen functional groups attached to an aromatic ring is 1. The van der Waals surface area contributed by atoms with Crippen LogP contribution in [0.1, 0.15) is 88.4 Å². The number of primary amides is 1. The van der Waals surface area contributed by atoms with E-state index >= 15 is 0 Å². The van der Waals surface area contributed by atoms with Crippen molar-refractivity contribution in [2.24, 2.45) is 34.3 Å². The topological polar surface area (TPSA) is 159 Å². The Hall–Kier alpha value is -3.36. The summed E-state index contributed by atoms with van der Waals surface area (Å²) in [5, 5.41) is 10.0. The normalized spacial score (nSPS) is 33.3. The molecule has 210 valence electrons. The Bertz CT molecular complexity index is 1260. The van der Waals surface area contributed by atoms with Gasteiger partial charge in [0.05, 0.1) is 18.5 Å². The molecule has 9 nitrogen and oxygen atoms in total. The molecule has 9 heteroatoms. The van der Waals surface area contributed by atoms with Crippen molar-refractivity contribution in [3.63, 3.8) is 0 Å². The molecule has 3 fully saturated rings. The Morgan fingerprint density at radius 3 is 2.49 bits per heavy atom. The number of benzene rings is 1. The second-order valence-corrected chi connectivity index (χ2v) is 12.3. The molecule has 4 aliphatic carbocycles. The van der Waals surface area contributed by atoms with Gasteiger partial charge in [-0.1, -0.05) is 19.4 Å². The molecular weight excluding hydrogens is 500 g/mol. The van der Waals surface area contributed by atoms with Crippen LogP contribution in [0.2, 0.25) is 0 Å². The summed E-state index contributed by atoms with van der Waals surface area (Å²) < 4.78 is 11.2. The van der Waals surface area contributed by atoms with Crippen LogP contribution in [0.15, 0.2) is 23.8 Å².